The first-order valence-electron chi connectivity index (χ1n) is 8.30. The Balaban J connectivity index is 1.88. The fraction of sp³-hybridized carbons (Fsp3) is 0.611. The van der Waals surface area contributed by atoms with Crippen molar-refractivity contribution >= 4 is 11.6 Å². The molecule has 1 aromatic rings. The minimum atomic E-state index is 0.141. The van der Waals surface area contributed by atoms with Crippen LogP contribution < -0.4 is 10.1 Å². The van der Waals surface area contributed by atoms with Crippen LogP contribution in [-0.2, 0) is 17.6 Å². The molecule has 1 aromatic carbocycles. The highest BCUT2D eigenvalue weighted by Crippen LogP contribution is 2.35. The lowest BCUT2D eigenvalue weighted by Gasteiger charge is -2.14. The molecule has 1 N–H and O–H groups in total. The van der Waals surface area contributed by atoms with Gasteiger partial charge < -0.3 is 10.1 Å². The first-order valence-corrected chi connectivity index (χ1v) is 8.30. The maximum Gasteiger partial charge on any atom is 0.227 e. The summed E-state index contributed by atoms with van der Waals surface area (Å²) in [6, 6.07) is 4.32. The topological polar surface area (TPSA) is 38.3 Å². The number of carbonyl (C=O) groups excluding carboxylic acids is 1. The van der Waals surface area contributed by atoms with Gasteiger partial charge in [0.05, 0.1) is 6.61 Å². The van der Waals surface area contributed by atoms with Crippen molar-refractivity contribution in [2.75, 3.05) is 11.9 Å². The van der Waals surface area contributed by atoms with E-state index in [4.69, 9.17) is 4.74 Å². The summed E-state index contributed by atoms with van der Waals surface area (Å²) in [7, 11) is 0. The van der Waals surface area contributed by atoms with E-state index in [0.717, 1.165) is 43.7 Å². The average Bonchev–Trinajstić information content (AvgIpc) is 2.77. The molecule has 0 saturated carbocycles. The van der Waals surface area contributed by atoms with E-state index < -0.39 is 0 Å². The molecule has 114 valence electrons. The number of rotatable bonds is 2. The molecular weight excluding hydrogens is 262 g/mol. The SMILES string of the molecule is CCC1CCc2cc3c(cc2OC1)CCC(CC)C(=O)N3. The lowest BCUT2D eigenvalue weighted by atomic mass is 9.96. The summed E-state index contributed by atoms with van der Waals surface area (Å²) in [6.45, 7) is 5.14. The van der Waals surface area contributed by atoms with E-state index in [2.05, 4.69) is 31.3 Å². The van der Waals surface area contributed by atoms with Crippen molar-refractivity contribution < 1.29 is 9.53 Å². The molecule has 2 unspecified atom stereocenters. The Hall–Kier alpha value is -1.51. The third-order valence-electron chi connectivity index (χ3n) is 5.04. The zero-order chi connectivity index (χ0) is 14.8. The van der Waals surface area contributed by atoms with Crippen LogP contribution in [0.5, 0.6) is 5.75 Å². The number of hydrogen-bond donors (Lipinski definition) is 1. The van der Waals surface area contributed by atoms with Crippen molar-refractivity contribution in [1.29, 1.82) is 0 Å². The molecule has 2 heterocycles. The van der Waals surface area contributed by atoms with Gasteiger partial charge in [-0.3, -0.25) is 4.79 Å². The number of ether oxygens (including phenoxy) is 1. The van der Waals surface area contributed by atoms with Crippen LogP contribution in [0.3, 0.4) is 0 Å². The molecule has 3 rings (SSSR count). The minimum Gasteiger partial charge on any atom is -0.493 e. The predicted octanol–water partition coefficient (Wildman–Crippen LogP) is 3.95. The van der Waals surface area contributed by atoms with Crippen molar-refractivity contribution in [2.24, 2.45) is 11.8 Å². The molecule has 0 spiro atoms. The maximum atomic E-state index is 12.2. The number of nitrogens with one attached hydrogen (secondary N) is 1. The van der Waals surface area contributed by atoms with Gasteiger partial charge in [0.25, 0.3) is 0 Å². The summed E-state index contributed by atoms with van der Waals surface area (Å²) in [5, 5.41) is 3.12. The lowest BCUT2D eigenvalue weighted by Crippen LogP contribution is -2.20. The summed E-state index contributed by atoms with van der Waals surface area (Å²) >= 11 is 0. The van der Waals surface area contributed by atoms with Crippen LogP contribution in [0.25, 0.3) is 0 Å². The summed E-state index contributed by atoms with van der Waals surface area (Å²) in [5.41, 5.74) is 3.49. The van der Waals surface area contributed by atoms with E-state index in [1.54, 1.807) is 0 Å². The quantitative estimate of drug-likeness (QED) is 0.894. The summed E-state index contributed by atoms with van der Waals surface area (Å²) < 4.78 is 6.03. The van der Waals surface area contributed by atoms with Gasteiger partial charge in [0.2, 0.25) is 5.91 Å². The molecule has 1 amide bonds. The van der Waals surface area contributed by atoms with E-state index in [0.29, 0.717) is 5.92 Å². The van der Waals surface area contributed by atoms with Gasteiger partial charge in [-0.1, -0.05) is 20.3 Å². The van der Waals surface area contributed by atoms with Gasteiger partial charge in [-0.05, 0) is 61.3 Å². The van der Waals surface area contributed by atoms with E-state index >= 15 is 0 Å². The highest BCUT2D eigenvalue weighted by Gasteiger charge is 2.24. The van der Waals surface area contributed by atoms with Gasteiger partial charge in [0, 0.05) is 11.6 Å². The second-order valence-corrected chi connectivity index (χ2v) is 6.37. The molecule has 0 bridgehead atoms. The highest BCUT2D eigenvalue weighted by molar-refractivity contribution is 5.94. The maximum absolute atomic E-state index is 12.2. The first-order chi connectivity index (χ1) is 10.2. The van der Waals surface area contributed by atoms with Gasteiger partial charge in [-0.2, -0.15) is 0 Å². The first kappa shape index (κ1) is 14.4. The minimum absolute atomic E-state index is 0.141. The third kappa shape index (κ3) is 2.92. The Labute approximate surface area is 127 Å². The molecule has 0 fully saturated rings. The zero-order valence-corrected chi connectivity index (χ0v) is 13.1. The van der Waals surface area contributed by atoms with Crippen LogP contribution in [0, 0.1) is 11.8 Å². The number of anilines is 1. The van der Waals surface area contributed by atoms with Crippen LogP contribution in [0.4, 0.5) is 5.69 Å². The average molecular weight is 287 g/mol. The van der Waals surface area contributed by atoms with Crippen LogP contribution in [0.15, 0.2) is 12.1 Å². The lowest BCUT2D eigenvalue weighted by molar-refractivity contribution is -0.120. The molecule has 0 saturated heterocycles. The molecule has 2 aliphatic rings. The number of carbonyl (C=O) groups is 1. The van der Waals surface area contributed by atoms with Crippen molar-refractivity contribution in [3.8, 4) is 5.75 Å². The Kier molecular flexibility index (Phi) is 4.18. The van der Waals surface area contributed by atoms with E-state index in [-0.39, 0.29) is 11.8 Å². The van der Waals surface area contributed by atoms with Crippen molar-refractivity contribution in [3.63, 3.8) is 0 Å². The van der Waals surface area contributed by atoms with Gasteiger partial charge >= 0.3 is 0 Å². The van der Waals surface area contributed by atoms with Crippen LogP contribution >= 0.6 is 0 Å². The fourth-order valence-corrected chi connectivity index (χ4v) is 3.38. The summed E-state index contributed by atoms with van der Waals surface area (Å²) in [4.78, 5) is 12.2. The molecule has 2 aliphatic heterocycles. The summed E-state index contributed by atoms with van der Waals surface area (Å²) in [6.07, 6.45) is 6.20. The van der Waals surface area contributed by atoms with Crippen LogP contribution in [0.2, 0.25) is 0 Å². The van der Waals surface area contributed by atoms with Gasteiger partial charge in [0.1, 0.15) is 5.75 Å². The largest absolute Gasteiger partial charge is 0.493 e. The number of benzene rings is 1. The Morgan fingerprint density at radius 1 is 1.14 bits per heavy atom. The Bertz CT molecular complexity index is 538. The highest BCUT2D eigenvalue weighted by atomic mass is 16.5. The Morgan fingerprint density at radius 3 is 2.71 bits per heavy atom. The molecule has 2 atom stereocenters. The molecule has 3 heteroatoms. The number of hydrogen-bond acceptors (Lipinski definition) is 2. The zero-order valence-electron chi connectivity index (χ0n) is 13.1. The van der Waals surface area contributed by atoms with Crippen molar-refractivity contribution in [2.45, 2.75) is 52.4 Å². The Morgan fingerprint density at radius 2 is 1.95 bits per heavy atom. The third-order valence-corrected chi connectivity index (χ3v) is 5.04. The smallest absolute Gasteiger partial charge is 0.227 e. The van der Waals surface area contributed by atoms with E-state index in [1.165, 1.54) is 24.0 Å². The van der Waals surface area contributed by atoms with Gasteiger partial charge in [-0.25, -0.2) is 0 Å². The number of aryl methyl sites for hydroxylation is 2. The van der Waals surface area contributed by atoms with E-state index in [9.17, 15) is 4.79 Å². The van der Waals surface area contributed by atoms with Gasteiger partial charge in [0.15, 0.2) is 0 Å². The van der Waals surface area contributed by atoms with Gasteiger partial charge in [-0.15, -0.1) is 0 Å². The van der Waals surface area contributed by atoms with Crippen molar-refractivity contribution in [3.05, 3.63) is 23.3 Å². The molecule has 3 nitrogen and oxygen atoms in total. The van der Waals surface area contributed by atoms with E-state index in [1.807, 2.05) is 0 Å². The normalized spacial score (nSPS) is 25.0. The number of amides is 1. The summed E-state index contributed by atoms with van der Waals surface area (Å²) in [5.74, 6) is 2.00. The molecule has 0 aromatic heterocycles. The molecule has 0 radical (unpaired) electrons. The van der Waals surface area contributed by atoms with Crippen LogP contribution in [-0.4, -0.2) is 12.5 Å². The molecular formula is C18H25NO2. The second-order valence-electron chi connectivity index (χ2n) is 6.37. The fourth-order valence-electron chi connectivity index (χ4n) is 3.38. The predicted molar refractivity (Wildman–Crippen MR) is 84.8 cm³/mol. The number of fused-ring (bicyclic) bond motifs is 2. The molecule has 0 aliphatic carbocycles. The monoisotopic (exact) mass is 287 g/mol. The van der Waals surface area contributed by atoms with Crippen molar-refractivity contribution in [1.82, 2.24) is 0 Å². The van der Waals surface area contributed by atoms with Crippen LogP contribution in [0.1, 0.15) is 50.7 Å². The molecule has 21 heavy (non-hydrogen) atoms. The second kappa shape index (κ2) is 6.08. The standard InChI is InChI=1S/C18H25NO2/c1-3-12-5-6-15-9-16-14(10-17(15)21-11-12)8-7-13(4-2)18(20)19-16/h9-10,12-13H,3-8,11H2,1-2H3,(H,19,20).